The van der Waals surface area contributed by atoms with Gasteiger partial charge in [0.25, 0.3) is 0 Å². The Labute approximate surface area is 506 Å². The summed E-state index contributed by atoms with van der Waals surface area (Å²) in [7, 11) is 0. The Morgan fingerprint density at radius 2 is 0.476 bits per heavy atom. The standard InChI is InChI=1S/C76H126O6/c1-4-7-10-13-16-19-22-25-28-31-33-35-36-37-38-39-40-42-43-45-48-51-54-57-60-63-66-69-75(78)81-72-73(71-80-74(77)68-65-62-59-56-53-50-47-30-27-24-21-18-15-12-9-6-3)82-76(79)70-67-64-61-58-55-52-49-46-44-41-34-32-29-26-23-20-17-14-11-8-5-2/h7-8,10-11,16-17,19-20,25-26,28-30,33-35,37-38,41,46-47,49,73H,4-6,9,12-15,18,21-24,27,31-32,36,39-40,42-45,48,50-72H2,1-3H3/b10-7-,11-8-,19-16-,20-17-,28-25-,29-26-,35-33-,38-37-,41-34-,47-30-,49-46-. The molecule has 0 aromatic carbocycles. The molecular formula is C76H126O6. The summed E-state index contributed by atoms with van der Waals surface area (Å²) in [5.74, 6) is -0.916. The molecule has 0 bridgehead atoms. The van der Waals surface area contributed by atoms with Crippen molar-refractivity contribution >= 4 is 17.9 Å². The van der Waals surface area contributed by atoms with Crippen molar-refractivity contribution in [1.29, 1.82) is 0 Å². The van der Waals surface area contributed by atoms with Crippen LogP contribution in [0.2, 0.25) is 0 Å². The monoisotopic (exact) mass is 1130 g/mol. The molecule has 0 fully saturated rings. The minimum atomic E-state index is -0.799. The minimum Gasteiger partial charge on any atom is -0.462 e. The first-order chi connectivity index (χ1) is 40.5. The molecule has 6 heteroatoms. The number of ether oxygens (including phenoxy) is 3. The van der Waals surface area contributed by atoms with E-state index in [-0.39, 0.29) is 31.1 Å². The van der Waals surface area contributed by atoms with Gasteiger partial charge in [-0.05, 0) is 135 Å². The number of unbranched alkanes of at least 4 members (excludes halogenated alkanes) is 28. The van der Waals surface area contributed by atoms with Crippen LogP contribution in [0.3, 0.4) is 0 Å². The molecule has 0 saturated heterocycles. The molecule has 0 saturated carbocycles. The quantitative estimate of drug-likeness (QED) is 0.0261. The van der Waals surface area contributed by atoms with Crippen LogP contribution < -0.4 is 0 Å². The third kappa shape index (κ3) is 66.4. The molecule has 1 atom stereocenters. The van der Waals surface area contributed by atoms with Crippen LogP contribution in [-0.2, 0) is 28.6 Å². The maximum absolute atomic E-state index is 12.9. The van der Waals surface area contributed by atoms with Crippen molar-refractivity contribution in [2.24, 2.45) is 0 Å². The van der Waals surface area contributed by atoms with Gasteiger partial charge in [0.15, 0.2) is 6.10 Å². The number of hydrogen-bond acceptors (Lipinski definition) is 6. The third-order valence-electron chi connectivity index (χ3n) is 14.4. The zero-order chi connectivity index (χ0) is 59.2. The highest BCUT2D eigenvalue weighted by molar-refractivity contribution is 5.71. The lowest BCUT2D eigenvalue weighted by atomic mass is 10.0. The third-order valence-corrected chi connectivity index (χ3v) is 14.4. The number of rotatable bonds is 61. The fraction of sp³-hybridized carbons (Fsp3) is 0.671. The van der Waals surface area contributed by atoms with Crippen molar-refractivity contribution in [2.75, 3.05) is 13.2 Å². The van der Waals surface area contributed by atoms with E-state index in [0.29, 0.717) is 19.3 Å². The number of esters is 3. The van der Waals surface area contributed by atoms with E-state index in [1.807, 2.05) is 0 Å². The molecule has 0 aromatic rings. The zero-order valence-electron chi connectivity index (χ0n) is 53.5. The largest absolute Gasteiger partial charge is 0.462 e. The van der Waals surface area contributed by atoms with Gasteiger partial charge in [-0.3, -0.25) is 14.4 Å². The summed E-state index contributed by atoms with van der Waals surface area (Å²) in [4.78, 5) is 38.4. The van der Waals surface area contributed by atoms with Gasteiger partial charge in [-0.1, -0.05) is 289 Å². The van der Waals surface area contributed by atoms with Crippen LogP contribution >= 0.6 is 0 Å². The maximum atomic E-state index is 12.9. The van der Waals surface area contributed by atoms with E-state index in [1.165, 1.54) is 122 Å². The topological polar surface area (TPSA) is 78.9 Å². The second-order valence-corrected chi connectivity index (χ2v) is 22.3. The van der Waals surface area contributed by atoms with Crippen LogP contribution in [0.5, 0.6) is 0 Å². The highest BCUT2D eigenvalue weighted by Gasteiger charge is 2.19. The average molecular weight is 1140 g/mol. The van der Waals surface area contributed by atoms with Crippen molar-refractivity contribution in [3.05, 3.63) is 134 Å². The number of hydrogen-bond donors (Lipinski definition) is 0. The van der Waals surface area contributed by atoms with Gasteiger partial charge in [0.05, 0.1) is 0 Å². The van der Waals surface area contributed by atoms with Gasteiger partial charge in [-0.25, -0.2) is 0 Å². The SMILES string of the molecule is CC/C=C\C/C=C\C/C=C\C/C=C\C/C=C\CCCCCCCCCCCCCC(=O)OCC(COC(=O)CCCCCCC/C=C\CCCCCCCCC)OC(=O)CCCCCCC/C=C\C/C=C\C/C=C\C/C=C\C/C=C\CC. The summed E-state index contributed by atoms with van der Waals surface area (Å²) in [6.07, 6.45) is 97.4. The lowest BCUT2D eigenvalue weighted by Gasteiger charge is -2.18. The van der Waals surface area contributed by atoms with Gasteiger partial charge in [-0.2, -0.15) is 0 Å². The molecule has 0 spiro atoms. The van der Waals surface area contributed by atoms with Gasteiger partial charge in [0.2, 0.25) is 0 Å². The highest BCUT2D eigenvalue weighted by Crippen LogP contribution is 2.16. The van der Waals surface area contributed by atoms with Crippen LogP contribution in [0.15, 0.2) is 134 Å². The van der Waals surface area contributed by atoms with Crippen LogP contribution in [0.25, 0.3) is 0 Å². The van der Waals surface area contributed by atoms with Gasteiger partial charge in [-0.15, -0.1) is 0 Å². The van der Waals surface area contributed by atoms with E-state index in [2.05, 4.69) is 154 Å². The first kappa shape index (κ1) is 77.5. The van der Waals surface area contributed by atoms with Crippen LogP contribution in [0, 0.1) is 0 Å². The van der Waals surface area contributed by atoms with Crippen molar-refractivity contribution in [2.45, 2.75) is 316 Å². The van der Waals surface area contributed by atoms with Crippen molar-refractivity contribution in [3.8, 4) is 0 Å². The molecule has 466 valence electrons. The molecule has 0 rings (SSSR count). The Hall–Kier alpha value is -4.45. The molecule has 0 amide bonds. The van der Waals surface area contributed by atoms with E-state index in [9.17, 15) is 14.4 Å². The number of carbonyl (C=O) groups excluding carboxylic acids is 3. The summed E-state index contributed by atoms with van der Waals surface area (Å²) in [5, 5.41) is 0. The minimum absolute atomic E-state index is 0.0927. The second kappa shape index (κ2) is 69.0. The Kier molecular flexibility index (Phi) is 65.3. The van der Waals surface area contributed by atoms with Gasteiger partial charge in [0, 0.05) is 19.3 Å². The highest BCUT2D eigenvalue weighted by atomic mass is 16.6. The van der Waals surface area contributed by atoms with E-state index >= 15 is 0 Å². The van der Waals surface area contributed by atoms with Gasteiger partial charge in [0.1, 0.15) is 13.2 Å². The molecule has 0 aliphatic heterocycles. The molecule has 0 aromatic heterocycles. The molecule has 6 nitrogen and oxygen atoms in total. The molecule has 0 aliphatic carbocycles. The molecule has 0 N–H and O–H groups in total. The molecular weight excluding hydrogens is 1010 g/mol. The Morgan fingerprint density at radius 3 is 0.756 bits per heavy atom. The van der Waals surface area contributed by atoms with E-state index in [4.69, 9.17) is 14.2 Å². The first-order valence-electron chi connectivity index (χ1n) is 34.2. The fourth-order valence-electron chi connectivity index (χ4n) is 9.32. The maximum Gasteiger partial charge on any atom is 0.306 e. The van der Waals surface area contributed by atoms with Crippen molar-refractivity contribution in [1.82, 2.24) is 0 Å². The number of allylic oxidation sites excluding steroid dienone is 22. The summed E-state index contributed by atoms with van der Waals surface area (Å²) in [6.45, 7) is 6.41. The van der Waals surface area contributed by atoms with Crippen molar-refractivity contribution in [3.63, 3.8) is 0 Å². The molecule has 0 aliphatic rings. The summed E-state index contributed by atoms with van der Waals surface area (Å²) < 4.78 is 17.0. The fourth-order valence-corrected chi connectivity index (χ4v) is 9.32. The van der Waals surface area contributed by atoms with E-state index < -0.39 is 6.10 Å². The molecule has 0 heterocycles. The van der Waals surface area contributed by atoms with Gasteiger partial charge >= 0.3 is 17.9 Å². The lowest BCUT2D eigenvalue weighted by Crippen LogP contribution is -2.30. The molecule has 82 heavy (non-hydrogen) atoms. The van der Waals surface area contributed by atoms with Crippen LogP contribution in [-0.4, -0.2) is 37.2 Å². The summed E-state index contributed by atoms with van der Waals surface area (Å²) >= 11 is 0. The van der Waals surface area contributed by atoms with Crippen LogP contribution in [0.4, 0.5) is 0 Å². The van der Waals surface area contributed by atoms with E-state index in [1.54, 1.807) is 0 Å². The van der Waals surface area contributed by atoms with Crippen molar-refractivity contribution < 1.29 is 28.6 Å². The summed E-state index contributed by atoms with van der Waals surface area (Å²) in [6, 6.07) is 0. The predicted octanol–water partition coefficient (Wildman–Crippen LogP) is 23.7. The van der Waals surface area contributed by atoms with E-state index in [0.717, 1.165) is 148 Å². The second-order valence-electron chi connectivity index (χ2n) is 22.3. The Morgan fingerprint density at radius 1 is 0.256 bits per heavy atom. The summed E-state index contributed by atoms with van der Waals surface area (Å²) in [5.41, 5.74) is 0. The average Bonchev–Trinajstić information content (AvgIpc) is 3.47. The zero-order valence-corrected chi connectivity index (χ0v) is 53.5. The Bertz CT molecular complexity index is 1730. The smallest absolute Gasteiger partial charge is 0.306 e. The number of carbonyl (C=O) groups is 3. The first-order valence-corrected chi connectivity index (χ1v) is 34.2. The molecule has 0 radical (unpaired) electrons. The van der Waals surface area contributed by atoms with Gasteiger partial charge < -0.3 is 14.2 Å². The normalized spacial score (nSPS) is 13.0. The van der Waals surface area contributed by atoms with Crippen LogP contribution in [0.1, 0.15) is 310 Å². The predicted molar refractivity (Wildman–Crippen MR) is 357 cm³/mol. The Balaban J connectivity index is 4.40. The molecule has 1 unspecified atom stereocenters. The lowest BCUT2D eigenvalue weighted by molar-refractivity contribution is -0.167.